The molecule has 7 nitrogen and oxygen atoms in total. The number of pyridine rings is 1. The van der Waals surface area contributed by atoms with Gasteiger partial charge in [-0.15, -0.1) is 0 Å². The number of rotatable bonds is 6. The highest BCUT2D eigenvalue weighted by Crippen LogP contribution is 2.34. The first-order valence-electron chi connectivity index (χ1n) is 9.05. The summed E-state index contributed by atoms with van der Waals surface area (Å²) in [5.41, 5.74) is 3.72. The predicted molar refractivity (Wildman–Crippen MR) is 101 cm³/mol. The molecule has 0 aliphatic carbocycles. The molecule has 1 atom stereocenters. The number of aromatic nitrogens is 3. The second kappa shape index (κ2) is 7.79. The number of ether oxygens (including phenoxy) is 1. The van der Waals surface area contributed by atoms with E-state index in [-0.39, 0.29) is 11.7 Å². The van der Waals surface area contributed by atoms with Gasteiger partial charge in [-0.25, -0.2) is 4.79 Å². The minimum Gasteiger partial charge on any atom is -0.478 e. The van der Waals surface area contributed by atoms with Crippen LogP contribution in [0, 0.1) is 0 Å². The molecule has 1 aromatic carbocycles. The van der Waals surface area contributed by atoms with Crippen LogP contribution in [0.4, 0.5) is 18.9 Å². The zero-order chi connectivity index (χ0) is 21.3. The quantitative estimate of drug-likeness (QED) is 0.631. The molecule has 2 N–H and O–H groups in total. The third kappa shape index (κ3) is 4.28. The molecule has 0 saturated carbocycles. The number of carbonyl (C=O) groups is 1. The number of fused-ring (bicyclic) bond motifs is 1. The van der Waals surface area contributed by atoms with Crippen LogP contribution < -0.4 is 5.32 Å². The largest absolute Gasteiger partial charge is 0.478 e. The second-order valence-electron chi connectivity index (χ2n) is 6.86. The number of hydrogen-bond acceptors (Lipinski definition) is 5. The van der Waals surface area contributed by atoms with Gasteiger partial charge in [0.2, 0.25) is 0 Å². The fraction of sp³-hybridized carbons (Fsp3) is 0.250. The molecule has 156 valence electrons. The van der Waals surface area contributed by atoms with Gasteiger partial charge in [-0.1, -0.05) is 12.1 Å². The van der Waals surface area contributed by atoms with Crippen molar-refractivity contribution in [2.24, 2.45) is 0 Å². The number of carboxylic acid groups (broad SMARTS) is 1. The fourth-order valence-electron chi connectivity index (χ4n) is 3.38. The predicted octanol–water partition coefficient (Wildman–Crippen LogP) is 3.89. The van der Waals surface area contributed by atoms with Crippen molar-refractivity contribution in [3.05, 3.63) is 65.7 Å². The number of benzene rings is 1. The first-order valence-corrected chi connectivity index (χ1v) is 9.05. The molecule has 4 rings (SSSR count). The smallest absolute Gasteiger partial charge is 0.408 e. The number of carboxylic acids is 1. The second-order valence-corrected chi connectivity index (χ2v) is 6.86. The van der Waals surface area contributed by atoms with Crippen molar-refractivity contribution in [2.45, 2.75) is 25.4 Å². The van der Waals surface area contributed by atoms with Crippen molar-refractivity contribution in [3.8, 4) is 11.1 Å². The molecule has 0 saturated heterocycles. The van der Waals surface area contributed by atoms with E-state index in [9.17, 15) is 23.1 Å². The molecule has 0 radical (unpaired) electrons. The van der Waals surface area contributed by atoms with Crippen molar-refractivity contribution < 1.29 is 27.8 Å². The highest BCUT2D eigenvalue weighted by atomic mass is 19.4. The molecule has 0 bridgehead atoms. The van der Waals surface area contributed by atoms with Crippen LogP contribution in [0.1, 0.15) is 27.6 Å². The summed E-state index contributed by atoms with van der Waals surface area (Å²) in [5, 5.41) is 16.1. The highest BCUT2D eigenvalue weighted by molar-refractivity contribution is 5.93. The van der Waals surface area contributed by atoms with E-state index >= 15 is 0 Å². The van der Waals surface area contributed by atoms with Gasteiger partial charge in [0.25, 0.3) is 0 Å². The molecular weight excluding hydrogens is 401 g/mol. The Morgan fingerprint density at radius 1 is 1.27 bits per heavy atom. The van der Waals surface area contributed by atoms with Crippen LogP contribution in [-0.2, 0) is 17.9 Å². The molecule has 3 aromatic rings. The summed E-state index contributed by atoms with van der Waals surface area (Å²) in [7, 11) is 0. The van der Waals surface area contributed by atoms with Crippen LogP contribution >= 0.6 is 0 Å². The summed E-state index contributed by atoms with van der Waals surface area (Å²) in [4.78, 5) is 15.2. The Hall–Kier alpha value is -3.40. The Morgan fingerprint density at radius 2 is 2.10 bits per heavy atom. The van der Waals surface area contributed by atoms with Gasteiger partial charge in [-0.3, -0.25) is 9.67 Å². The minimum absolute atomic E-state index is 0.120. The van der Waals surface area contributed by atoms with Gasteiger partial charge in [-0.2, -0.15) is 18.3 Å². The van der Waals surface area contributed by atoms with E-state index in [0.29, 0.717) is 24.4 Å². The molecule has 2 aromatic heterocycles. The van der Waals surface area contributed by atoms with Gasteiger partial charge in [0.1, 0.15) is 12.6 Å². The first-order chi connectivity index (χ1) is 14.3. The van der Waals surface area contributed by atoms with E-state index in [1.54, 1.807) is 0 Å². The molecule has 1 aliphatic rings. The lowest BCUT2D eigenvalue weighted by atomic mass is 10.00. The van der Waals surface area contributed by atoms with Crippen LogP contribution in [0.5, 0.6) is 0 Å². The number of halogens is 3. The summed E-state index contributed by atoms with van der Waals surface area (Å²) in [5.74, 6) is -1.05. The van der Waals surface area contributed by atoms with Crippen LogP contribution in [0.3, 0.4) is 0 Å². The standard InChI is InChI=1S/C20H17F3N4O3/c21-20(22,23)11-27-9-14(6-26-27)12-1-2-15-13(5-12)10-30-18(15)8-25-17-7-24-4-3-16(17)19(28)29/h1-7,9,18,25H,8,10-11H2,(H,28,29)/t18-/m1/s1. The number of hydrogen-bond donors (Lipinski definition) is 2. The zero-order valence-corrected chi connectivity index (χ0v) is 15.6. The lowest BCUT2D eigenvalue weighted by Gasteiger charge is -2.14. The average molecular weight is 418 g/mol. The van der Waals surface area contributed by atoms with Crippen molar-refractivity contribution in [2.75, 3.05) is 11.9 Å². The number of alkyl halides is 3. The van der Waals surface area contributed by atoms with Crippen LogP contribution in [0.2, 0.25) is 0 Å². The van der Waals surface area contributed by atoms with Crippen molar-refractivity contribution in [1.29, 1.82) is 0 Å². The van der Waals surface area contributed by atoms with Crippen molar-refractivity contribution in [1.82, 2.24) is 14.8 Å². The molecular formula is C20H17F3N4O3. The van der Waals surface area contributed by atoms with E-state index < -0.39 is 18.7 Å². The maximum Gasteiger partial charge on any atom is 0.408 e. The van der Waals surface area contributed by atoms with E-state index in [1.165, 1.54) is 30.9 Å². The molecule has 0 spiro atoms. The van der Waals surface area contributed by atoms with Crippen LogP contribution in [0.25, 0.3) is 11.1 Å². The van der Waals surface area contributed by atoms with Gasteiger partial charge >= 0.3 is 12.1 Å². The highest BCUT2D eigenvalue weighted by Gasteiger charge is 2.29. The van der Waals surface area contributed by atoms with Crippen LogP contribution in [-0.4, -0.2) is 38.6 Å². The van der Waals surface area contributed by atoms with E-state index in [0.717, 1.165) is 21.4 Å². The summed E-state index contributed by atoms with van der Waals surface area (Å²) in [6, 6.07) is 6.96. The van der Waals surface area contributed by atoms with Gasteiger partial charge in [0.15, 0.2) is 0 Å². The summed E-state index contributed by atoms with van der Waals surface area (Å²) >= 11 is 0. The lowest BCUT2D eigenvalue weighted by molar-refractivity contribution is -0.142. The number of aromatic carboxylic acids is 1. The molecule has 30 heavy (non-hydrogen) atoms. The Kier molecular flexibility index (Phi) is 5.17. The Bertz CT molecular complexity index is 1080. The van der Waals surface area contributed by atoms with E-state index in [1.807, 2.05) is 18.2 Å². The van der Waals surface area contributed by atoms with Crippen LogP contribution in [0.15, 0.2) is 49.1 Å². The number of nitrogens with one attached hydrogen (secondary N) is 1. The summed E-state index contributed by atoms with van der Waals surface area (Å²) in [6.45, 7) is -0.436. The number of nitrogens with zero attached hydrogens (tertiary/aromatic N) is 3. The number of anilines is 1. The molecule has 3 heterocycles. The molecule has 0 fully saturated rings. The van der Waals surface area contributed by atoms with Gasteiger partial charge in [0, 0.05) is 24.5 Å². The van der Waals surface area contributed by atoms with E-state index in [2.05, 4.69) is 15.4 Å². The molecule has 0 amide bonds. The summed E-state index contributed by atoms with van der Waals surface area (Å²) < 4.78 is 44.2. The third-order valence-electron chi connectivity index (χ3n) is 4.77. The molecule has 0 unspecified atom stereocenters. The molecule has 10 heteroatoms. The minimum atomic E-state index is -4.33. The maximum absolute atomic E-state index is 12.5. The fourth-order valence-corrected chi connectivity index (χ4v) is 3.38. The van der Waals surface area contributed by atoms with Gasteiger partial charge in [-0.05, 0) is 28.8 Å². The topological polar surface area (TPSA) is 89.3 Å². The summed E-state index contributed by atoms with van der Waals surface area (Å²) in [6.07, 6.45) is 1.00. The zero-order valence-electron chi connectivity index (χ0n) is 15.6. The maximum atomic E-state index is 12.5. The Morgan fingerprint density at radius 3 is 2.87 bits per heavy atom. The van der Waals surface area contributed by atoms with Crippen molar-refractivity contribution >= 4 is 11.7 Å². The lowest BCUT2D eigenvalue weighted by Crippen LogP contribution is -2.17. The third-order valence-corrected chi connectivity index (χ3v) is 4.77. The van der Waals surface area contributed by atoms with Gasteiger partial charge in [0.05, 0.1) is 30.3 Å². The van der Waals surface area contributed by atoms with Gasteiger partial charge < -0.3 is 15.2 Å². The monoisotopic (exact) mass is 418 g/mol. The normalized spacial score (nSPS) is 15.8. The Labute approximate surface area is 169 Å². The Balaban J connectivity index is 1.47. The van der Waals surface area contributed by atoms with E-state index in [4.69, 9.17) is 4.74 Å². The first kappa shape index (κ1) is 19.9. The van der Waals surface area contributed by atoms with Crippen molar-refractivity contribution in [3.63, 3.8) is 0 Å². The average Bonchev–Trinajstić information content (AvgIpc) is 3.31. The molecule has 1 aliphatic heterocycles. The SMILES string of the molecule is O=C(O)c1ccncc1NC[C@H]1OCc2cc(-c3cnn(CC(F)(F)F)c3)ccc21.